The monoisotopic (exact) mass is 514 g/mol. The van der Waals surface area contributed by atoms with E-state index in [1.165, 1.54) is 5.69 Å². The van der Waals surface area contributed by atoms with Gasteiger partial charge in [0, 0.05) is 61.3 Å². The van der Waals surface area contributed by atoms with Crippen molar-refractivity contribution in [1.82, 2.24) is 29.4 Å². The van der Waals surface area contributed by atoms with E-state index in [4.69, 9.17) is 15.0 Å². The predicted molar refractivity (Wildman–Crippen MR) is 154 cm³/mol. The minimum absolute atomic E-state index is 0.0809. The summed E-state index contributed by atoms with van der Waals surface area (Å²) >= 11 is 0. The van der Waals surface area contributed by atoms with Gasteiger partial charge in [0.25, 0.3) is 5.56 Å². The number of imidazole rings is 1. The molecule has 200 valence electrons. The van der Waals surface area contributed by atoms with Crippen molar-refractivity contribution in [2.75, 3.05) is 43.4 Å². The molecular formula is C29H38N8O. The summed E-state index contributed by atoms with van der Waals surface area (Å²) in [4.78, 5) is 34.9. The quantitative estimate of drug-likeness (QED) is 0.357. The number of nitrogens with zero attached hydrogens (tertiary/aromatic N) is 6. The van der Waals surface area contributed by atoms with Crippen LogP contribution in [0, 0.1) is 13.8 Å². The Hall–Kier alpha value is -3.72. The van der Waals surface area contributed by atoms with E-state index >= 15 is 0 Å². The summed E-state index contributed by atoms with van der Waals surface area (Å²) in [5, 5.41) is 3.41. The van der Waals surface area contributed by atoms with Gasteiger partial charge in [-0.3, -0.25) is 4.79 Å². The fourth-order valence-electron chi connectivity index (χ4n) is 5.28. The molecule has 9 nitrogen and oxygen atoms in total. The zero-order valence-electron chi connectivity index (χ0n) is 23.1. The normalized spacial score (nSPS) is 14.5. The largest absolute Gasteiger partial charge is 0.369 e. The molecule has 0 spiro atoms. The molecule has 1 saturated heterocycles. The lowest BCUT2D eigenvalue weighted by atomic mass is 10.1. The highest BCUT2D eigenvalue weighted by Crippen LogP contribution is 2.29. The number of likely N-dealkylation sites (N-methyl/N-ethyl adjacent to an activating group) is 1. The molecule has 5 rings (SSSR count). The van der Waals surface area contributed by atoms with Gasteiger partial charge in [-0.2, -0.15) is 0 Å². The van der Waals surface area contributed by atoms with E-state index in [1.54, 1.807) is 0 Å². The Bertz CT molecular complexity index is 1460. The smallest absolute Gasteiger partial charge is 0.253 e. The zero-order valence-corrected chi connectivity index (χ0v) is 23.1. The fourth-order valence-corrected chi connectivity index (χ4v) is 5.28. The first-order valence-electron chi connectivity index (χ1n) is 13.6. The minimum atomic E-state index is -0.0809. The summed E-state index contributed by atoms with van der Waals surface area (Å²) < 4.78 is 2.16. The van der Waals surface area contributed by atoms with Crippen LogP contribution in [0.5, 0.6) is 0 Å². The van der Waals surface area contributed by atoms with Crippen molar-refractivity contribution in [3.63, 3.8) is 0 Å². The van der Waals surface area contributed by atoms with Crippen LogP contribution in [0.1, 0.15) is 49.6 Å². The van der Waals surface area contributed by atoms with Gasteiger partial charge in [0.2, 0.25) is 0 Å². The van der Waals surface area contributed by atoms with Crippen LogP contribution in [0.15, 0.2) is 41.5 Å². The van der Waals surface area contributed by atoms with E-state index in [-0.39, 0.29) is 5.56 Å². The van der Waals surface area contributed by atoms with Gasteiger partial charge in [0.05, 0.1) is 6.33 Å². The second-order valence-electron chi connectivity index (χ2n) is 10.3. The second kappa shape index (κ2) is 10.9. The number of fused-ring (bicyclic) bond motifs is 1. The first-order chi connectivity index (χ1) is 18.4. The molecule has 9 heteroatoms. The second-order valence-corrected chi connectivity index (χ2v) is 10.3. The van der Waals surface area contributed by atoms with Crippen LogP contribution in [-0.4, -0.2) is 62.6 Å². The molecular weight excluding hydrogens is 476 g/mol. The van der Waals surface area contributed by atoms with Crippen molar-refractivity contribution in [1.29, 1.82) is 0 Å². The molecule has 1 aromatic carbocycles. The Morgan fingerprint density at radius 1 is 1.03 bits per heavy atom. The number of hydrogen-bond acceptors (Lipinski definition) is 7. The number of pyridine rings is 1. The number of aryl methyl sites for hydroxylation is 2. The molecule has 0 amide bonds. The molecule has 0 bridgehead atoms. The summed E-state index contributed by atoms with van der Waals surface area (Å²) in [7, 11) is 2.17. The molecule has 1 aliphatic heterocycles. The molecule has 0 unspecified atom stereocenters. The summed E-state index contributed by atoms with van der Waals surface area (Å²) in [6.45, 7) is 12.8. The van der Waals surface area contributed by atoms with Crippen LogP contribution < -0.4 is 15.8 Å². The van der Waals surface area contributed by atoms with Crippen molar-refractivity contribution in [3.05, 3.63) is 63.8 Å². The summed E-state index contributed by atoms with van der Waals surface area (Å²) in [5.41, 5.74) is 6.12. The van der Waals surface area contributed by atoms with Crippen LogP contribution in [0.2, 0.25) is 0 Å². The van der Waals surface area contributed by atoms with Gasteiger partial charge in [-0.25, -0.2) is 15.0 Å². The van der Waals surface area contributed by atoms with E-state index in [2.05, 4.69) is 69.8 Å². The fraction of sp³-hybridized carbons (Fsp3) is 0.448. The van der Waals surface area contributed by atoms with Gasteiger partial charge in [-0.05, 0) is 69.6 Å². The molecule has 0 saturated carbocycles. The first-order valence-corrected chi connectivity index (χ1v) is 13.6. The molecule has 4 heterocycles. The molecule has 38 heavy (non-hydrogen) atoms. The number of hydrogen-bond donors (Lipinski definition) is 2. The van der Waals surface area contributed by atoms with Gasteiger partial charge in [-0.15, -0.1) is 0 Å². The van der Waals surface area contributed by atoms with Gasteiger partial charge >= 0.3 is 0 Å². The average Bonchev–Trinajstić information content (AvgIpc) is 3.33. The van der Waals surface area contributed by atoms with Crippen LogP contribution >= 0.6 is 0 Å². The summed E-state index contributed by atoms with van der Waals surface area (Å²) in [6, 6.07) is 10.8. The molecule has 0 aliphatic carbocycles. The number of anilines is 2. The van der Waals surface area contributed by atoms with Crippen molar-refractivity contribution in [2.45, 2.75) is 53.1 Å². The van der Waals surface area contributed by atoms with Crippen LogP contribution in [0.25, 0.3) is 22.6 Å². The van der Waals surface area contributed by atoms with E-state index in [0.717, 1.165) is 67.0 Å². The van der Waals surface area contributed by atoms with Crippen molar-refractivity contribution in [3.8, 4) is 11.4 Å². The van der Waals surface area contributed by atoms with Gasteiger partial charge in [-0.1, -0.05) is 13.8 Å². The summed E-state index contributed by atoms with van der Waals surface area (Å²) in [6.07, 6.45) is 3.84. The predicted octanol–water partition coefficient (Wildman–Crippen LogP) is 4.52. The van der Waals surface area contributed by atoms with Crippen molar-refractivity contribution >= 4 is 22.7 Å². The Labute approximate surface area is 223 Å². The van der Waals surface area contributed by atoms with E-state index in [1.807, 2.05) is 26.2 Å². The standard InChI is InChI=1S/C29H38N8O/c1-6-22(7-2)37-18-31-25-27(30-17-24-19(3)16-20(4)32-29(24)38)33-26(34-28(25)37)21-8-10-23(11-9-21)36-14-12-35(5)13-15-36/h8-11,16,18,22H,6-7,12-15,17H2,1-5H3,(H,32,38)(H,30,33,34). The molecule has 0 atom stereocenters. The third kappa shape index (κ3) is 5.15. The maximum atomic E-state index is 12.6. The molecule has 3 aromatic heterocycles. The Morgan fingerprint density at radius 3 is 2.39 bits per heavy atom. The zero-order chi connectivity index (χ0) is 26.8. The average molecular weight is 515 g/mol. The highest BCUT2D eigenvalue weighted by atomic mass is 16.1. The first kappa shape index (κ1) is 25.9. The molecule has 1 aliphatic rings. The minimum Gasteiger partial charge on any atom is -0.369 e. The van der Waals surface area contributed by atoms with E-state index < -0.39 is 0 Å². The maximum absolute atomic E-state index is 12.6. The van der Waals surface area contributed by atoms with E-state index in [9.17, 15) is 4.79 Å². The highest BCUT2D eigenvalue weighted by molar-refractivity contribution is 5.85. The lowest BCUT2D eigenvalue weighted by molar-refractivity contribution is 0.313. The Morgan fingerprint density at radius 2 is 1.74 bits per heavy atom. The van der Waals surface area contributed by atoms with Gasteiger partial charge in [0.15, 0.2) is 17.3 Å². The molecule has 4 aromatic rings. The summed E-state index contributed by atoms with van der Waals surface area (Å²) in [5.74, 6) is 1.28. The molecule has 2 N–H and O–H groups in total. The maximum Gasteiger partial charge on any atom is 0.253 e. The number of piperazine rings is 1. The number of nitrogens with one attached hydrogen (secondary N) is 2. The van der Waals surface area contributed by atoms with Crippen LogP contribution in [0.4, 0.5) is 11.5 Å². The number of H-pyrrole nitrogens is 1. The Kier molecular flexibility index (Phi) is 7.46. The highest BCUT2D eigenvalue weighted by Gasteiger charge is 2.19. The number of aromatic amines is 1. The lowest BCUT2D eigenvalue weighted by Gasteiger charge is -2.34. The SMILES string of the molecule is CCC(CC)n1cnc2c(NCc3c(C)cc(C)[nH]c3=O)nc(-c3ccc(N4CCN(C)CC4)cc3)nc21. The van der Waals surface area contributed by atoms with Gasteiger partial charge in [0.1, 0.15) is 5.52 Å². The van der Waals surface area contributed by atoms with Crippen LogP contribution in [0.3, 0.4) is 0 Å². The van der Waals surface area contributed by atoms with Gasteiger partial charge < -0.3 is 24.7 Å². The third-order valence-corrected chi connectivity index (χ3v) is 7.68. The van der Waals surface area contributed by atoms with Crippen molar-refractivity contribution < 1.29 is 0 Å². The lowest BCUT2D eigenvalue weighted by Crippen LogP contribution is -2.44. The van der Waals surface area contributed by atoms with Crippen LogP contribution in [-0.2, 0) is 6.54 Å². The molecule has 1 fully saturated rings. The number of rotatable bonds is 8. The number of benzene rings is 1. The molecule has 0 radical (unpaired) electrons. The van der Waals surface area contributed by atoms with E-state index in [0.29, 0.717) is 29.8 Å². The third-order valence-electron chi connectivity index (χ3n) is 7.68. The van der Waals surface area contributed by atoms with Crippen molar-refractivity contribution in [2.24, 2.45) is 0 Å². The number of aromatic nitrogens is 5. The Balaban J connectivity index is 1.52. The topological polar surface area (TPSA) is 95.0 Å².